The van der Waals surface area contributed by atoms with Gasteiger partial charge in [0.2, 0.25) is 5.91 Å². The van der Waals surface area contributed by atoms with Gasteiger partial charge in [0, 0.05) is 54.7 Å². The van der Waals surface area contributed by atoms with E-state index in [2.05, 4.69) is 70.9 Å². The van der Waals surface area contributed by atoms with Crippen LogP contribution in [0.15, 0.2) is 54.7 Å². The lowest BCUT2D eigenvalue weighted by molar-refractivity contribution is -0.122. The quantitative estimate of drug-likeness (QED) is 0.465. The van der Waals surface area contributed by atoms with E-state index < -0.39 is 0 Å². The monoisotopic (exact) mass is 448 g/mol. The third-order valence-electron chi connectivity index (χ3n) is 6.54. The number of nitrogens with one attached hydrogen (secondary N) is 3. The number of hydrogen-bond donors (Lipinski definition) is 3. The molecule has 176 valence electrons. The Bertz CT molecular complexity index is 1040. The molecule has 0 spiro atoms. The van der Waals surface area contributed by atoms with Crippen LogP contribution in [0.2, 0.25) is 0 Å². The predicted molar refractivity (Wildman–Crippen MR) is 134 cm³/mol. The van der Waals surface area contributed by atoms with Crippen molar-refractivity contribution < 1.29 is 9.53 Å². The number of nitrogens with zero attached hydrogens (tertiary/aromatic N) is 1. The van der Waals surface area contributed by atoms with Crippen molar-refractivity contribution in [3.63, 3.8) is 0 Å². The van der Waals surface area contributed by atoms with E-state index in [1.165, 1.54) is 10.9 Å². The summed E-state index contributed by atoms with van der Waals surface area (Å²) in [5.74, 6) is 0.969. The maximum absolute atomic E-state index is 12.8. The predicted octanol–water partition coefficient (Wildman–Crippen LogP) is 3.89. The number of piperidine rings is 1. The molecule has 1 aliphatic rings. The normalized spacial score (nSPS) is 16.2. The van der Waals surface area contributed by atoms with E-state index in [1.807, 2.05) is 18.2 Å². The molecule has 33 heavy (non-hydrogen) atoms. The maximum Gasteiger partial charge on any atom is 0.234 e. The van der Waals surface area contributed by atoms with Gasteiger partial charge in [-0.1, -0.05) is 44.2 Å². The van der Waals surface area contributed by atoms with Crippen molar-refractivity contribution >= 4 is 16.8 Å². The number of amides is 1. The van der Waals surface area contributed by atoms with Gasteiger partial charge in [-0.05, 0) is 42.2 Å². The number of fused-ring (bicyclic) bond motifs is 1. The third kappa shape index (κ3) is 5.95. The Kier molecular flexibility index (Phi) is 7.68. The van der Waals surface area contributed by atoms with E-state index in [9.17, 15) is 4.79 Å². The standard InChI is InChI=1S/C27H36N4O2/c1-19(2)30-21-12-14-31(15-13-21)18-27(32)29-16-24(20-8-10-22(33-3)11-9-20)25-17-28-26-7-5-4-6-23(25)26/h4-11,17,19,21,24,28,30H,12-16,18H2,1-3H3,(H,29,32). The van der Waals surface area contributed by atoms with Gasteiger partial charge < -0.3 is 20.4 Å². The minimum Gasteiger partial charge on any atom is -0.497 e. The third-order valence-corrected chi connectivity index (χ3v) is 6.54. The van der Waals surface area contributed by atoms with Crippen molar-refractivity contribution in [2.75, 3.05) is 33.3 Å². The second-order valence-corrected chi connectivity index (χ2v) is 9.29. The molecule has 1 saturated heterocycles. The first-order valence-electron chi connectivity index (χ1n) is 12.0. The molecule has 1 atom stereocenters. The van der Waals surface area contributed by atoms with E-state index in [0.29, 0.717) is 25.2 Å². The maximum atomic E-state index is 12.8. The molecular weight excluding hydrogens is 412 g/mol. The zero-order valence-electron chi connectivity index (χ0n) is 19.9. The number of hydrogen-bond acceptors (Lipinski definition) is 4. The number of benzene rings is 2. The Morgan fingerprint density at radius 1 is 1.12 bits per heavy atom. The fourth-order valence-corrected chi connectivity index (χ4v) is 4.83. The number of aromatic amines is 1. The molecular formula is C27H36N4O2. The molecule has 0 aliphatic carbocycles. The highest BCUT2D eigenvalue weighted by molar-refractivity contribution is 5.84. The van der Waals surface area contributed by atoms with Crippen molar-refractivity contribution in [1.82, 2.24) is 20.5 Å². The summed E-state index contributed by atoms with van der Waals surface area (Å²) < 4.78 is 5.34. The van der Waals surface area contributed by atoms with Crippen LogP contribution in [0.5, 0.6) is 5.75 Å². The first-order chi connectivity index (χ1) is 16.0. The number of methoxy groups -OCH3 is 1. The molecule has 1 aromatic heterocycles. The lowest BCUT2D eigenvalue weighted by atomic mass is 9.90. The van der Waals surface area contributed by atoms with Crippen LogP contribution in [0, 0.1) is 0 Å². The zero-order chi connectivity index (χ0) is 23.2. The number of likely N-dealkylation sites (tertiary alicyclic amines) is 1. The Labute approximate surface area is 196 Å². The number of aromatic nitrogens is 1. The van der Waals surface area contributed by atoms with Crippen LogP contribution in [-0.2, 0) is 4.79 Å². The van der Waals surface area contributed by atoms with Crippen LogP contribution in [-0.4, -0.2) is 61.2 Å². The Hall–Kier alpha value is -2.83. The average molecular weight is 449 g/mol. The van der Waals surface area contributed by atoms with E-state index >= 15 is 0 Å². The lowest BCUT2D eigenvalue weighted by Gasteiger charge is -2.33. The first-order valence-corrected chi connectivity index (χ1v) is 12.0. The Morgan fingerprint density at radius 2 is 1.85 bits per heavy atom. The van der Waals surface area contributed by atoms with Crippen LogP contribution in [0.1, 0.15) is 43.7 Å². The molecule has 6 heteroatoms. The Balaban J connectivity index is 1.42. The van der Waals surface area contributed by atoms with Gasteiger partial charge in [-0.15, -0.1) is 0 Å². The highest BCUT2D eigenvalue weighted by Crippen LogP contribution is 2.31. The molecule has 4 rings (SSSR count). The molecule has 1 amide bonds. The number of carbonyl (C=O) groups excluding carboxylic acids is 1. The van der Waals surface area contributed by atoms with E-state index in [0.717, 1.165) is 42.8 Å². The molecule has 3 aromatic rings. The number of H-pyrrole nitrogens is 1. The minimum atomic E-state index is 0.0528. The van der Waals surface area contributed by atoms with Gasteiger partial charge in [-0.3, -0.25) is 9.69 Å². The van der Waals surface area contributed by atoms with E-state index in [-0.39, 0.29) is 11.8 Å². The summed E-state index contributed by atoms with van der Waals surface area (Å²) in [5, 5.41) is 8.01. The fourth-order valence-electron chi connectivity index (χ4n) is 4.83. The molecule has 1 fully saturated rings. The molecule has 2 aromatic carbocycles. The summed E-state index contributed by atoms with van der Waals surface area (Å²) in [7, 11) is 1.67. The number of ether oxygens (including phenoxy) is 1. The molecule has 0 saturated carbocycles. The SMILES string of the molecule is COc1ccc(C(CNC(=O)CN2CCC(NC(C)C)CC2)c2c[nH]c3ccccc23)cc1. The summed E-state index contributed by atoms with van der Waals surface area (Å²) in [6, 6.07) is 17.5. The van der Waals surface area contributed by atoms with Gasteiger partial charge in [0.1, 0.15) is 5.75 Å². The van der Waals surface area contributed by atoms with Crippen LogP contribution in [0.4, 0.5) is 0 Å². The van der Waals surface area contributed by atoms with E-state index in [1.54, 1.807) is 7.11 Å². The minimum absolute atomic E-state index is 0.0528. The Morgan fingerprint density at radius 3 is 2.55 bits per heavy atom. The molecule has 1 aliphatic heterocycles. The van der Waals surface area contributed by atoms with Gasteiger partial charge in [-0.25, -0.2) is 0 Å². The van der Waals surface area contributed by atoms with Crippen molar-refractivity contribution in [3.8, 4) is 5.75 Å². The van der Waals surface area contributed by atoms with Crippen molar-refractivity contribution in [1.29, 1.82) is 0 Å². The summed E-state index contributed by atoms with van der Waals surface area (Å²) >= 11 is 0. The largest absolute Gasteiger partial charge is 0.497 e. The summed E-state index contributed by atoms with van der Waals surface area (Å²) in [5.41, 5.74) is 3.45. The summed E-state index contributed by atoms with van der Waals surface area (Å²) in [6.45, 7) is 7.31. The fraction of sp³-hybridized carbons (Fsp3) is 0.444. The lowest BCUT2D eigenvalue weighted by Crippen LogP contribution is -2.47. The molecule has 3 N–H and O–H groups in total. The van der Waals surface area contributed by atoms with Crippen LogP contribution < -0.4 is 15.4 Å². The molecule has 0 radical (unpaired) electrons. The smallest absolute Gasteiger partial charge is 0.234 e. The summed E-state index contributed by atoms with van der Waals surface area (Å²) in [6.07, 6.45) is 4.25. The van der Waals surface area contributed by atoms with Crippen LogP contribution in [0.3, 0.4) is 0 Å². The van der Waals surface area contributed by atoms with Crippen LogP contribution >= 0.6 is 0 Å². The van der Waals surface area contributed by atoms with Gasteiger partial charge >= 0.3 is 0 Å². The molecule has 0 bridgehead atoms. The molecule has 2 heterocycles. The second kappa shape index (κ2) is 10.9. The van der Waals surface area contributed by atoms with E-state index in [4.69, 9.17) is 4.74 Å². The number of carbonyl (C=O) groups is 1. The van der Waals surface area contributed by atoms with Crippen molar-refractivity contribution in [2.45, 2.75) is 44.7 Å². The summed E-state index contributed by atoms with van der Waals surface area (Å²) in [4.78, 5) is 18.5. The second-order valence-electron chi connectivity index (χ2n) is 9.29. The van der Waals surface area contributed by atoms with Gasteiger partial charge in [0.25, 0.3) is 0 Å². The van der Waals surface area contributed by atoms with Crippen molar-refractivity contribution in [2.24, 2.45) is 0 Å². The molecule has 6 nitrogen and oxygen atoms in total. The highest BCUT2D eigenvalue weighted by Gasteiger charge is 2.23. The van der Waals surface area contributed by atoms with Gasteiger partial charge in [-0.2, -0.15) is 0 Å². The van der Waals surface area contributed by atoms with Crippen LogP contribution in [0.25, 0.3) is 10.9 Å². The van der Waals surface area contributed by atoms with Gasteiger partial charge in [0.05, 0.1) is 13.7 Å². The highest BCUT2D eigenvalue weighted by atomic mass is 16.5. The first kappa shape index (κ1) is 23.3. The van der Waals surface area contributed by atoms with Crippen molar-refractivity contribution in [3.05, 3.63) is 65.9 Å². The average Bonchev–Trinajstić information content (AvgIpc) is 3.25. The number of para-hydroxylation sites is 1. The topological polar surface area (TPSA) is 69.4 Å². The zero-order valence-corrected chi connectivity index (χ0v) is 19.9. The number of rotatable bonds is 9. The molecule has 1 unspecified atom stereocenters. The van der Waals surface area contributed by atoms with Gasteiger partial charge in [0.15, 0.2) is 0 Å².